The highest BCUT2D eigenvalue weighted by Crippen LogP contribution is 2.25. The fourth-order valence-electron chi connectivity index (χ4n) is 3.10. The predicted molar refractivity (Wildman–Crippen MR) is 111 cm³/mol. The number of hydrogen-bond acceptors (Lipinski definition) is 5. The van der Waals surface area contributed by atoms with E-state index in [1.807, 2.05) is 26.0 Å². The monoisotopic (exact) mass is 408 g/mol. The smallest absolute Gasteiger partial charge is 0.338 e. The van der Waals surface area contributed by atoms with Crippen LogP contribution in [0.15, 0.2) is 42.5 Å². The van der Waals surface area contributed by atoms with Gasteiger partial charge in [0.25, 0.3) is 17.7 Å². The van der Waals surface area contributed by atoms with E-state index < -0.39 is 23.9 Å². The van der Waals surface area contributed by atoms with E-state index in [0.717, 1.165) is 12.0 Å². The molecule has 2 aromatic carbocycles. The zero-order chi connectivity index (χ0) is 21.8. The molecule has 1 atom stereocenters. The molecule has 1 N–H and O–H groups in total. The summed E-state index contributed by atoms with van der Waals surface area (Å²) >= 11 is 0. The van der Waals surface area contributed by atoms with Gasteiger partial charge in [0.2, 0.25) is 0 Å². The van der Waals surface area contributed by atoms with Crippen LogP contribution in [0, 0.1) is 6.92 Å². The molecule has 7 nitrogen and oxygen atoms in total. The second-order valence-electron chi connectivity index (χ2n) is 7.28. The second-order valence-corrected chi connectivity index (χ2v) is 7.28. The Morgan fingerprint density at radius 3 is 2.37 bits per heavy atom. The number of aryl methyl sites for hydroxylation is 1. The second kappa shape index (κ2) is 8.90. The van der Waals surface area contributed by atoms with Crippen LogP contribution < -0.4 is 5.32 Å². The molecule has 3 rings (SSSR count). The Hall–Kier alpha value is -3.48. The van der Waals surface area contributed by atoms with E-state index in [9.17, 15) is 19.2 Å². The molecule has 1 aliphatic rings. The largest absolute Gasteiger partial charge is 0.449 e. The third-order valence-corrected chi connectivity index (χ3v) is 4.91. The minimum atomic E-state index is -1.04. The summed E-state index contributed by atoms with van der Waals surface area (Å²) in [5, 5.41) is 2.68. The van der Waals surface area contributed by atoms with Crippen LogP contribution in [0.4, 0.5) is 5.69 Å². The predicted octanol–water partition coefficient (Wildman–Crippen LogP) is 3.58. The molecule has 0 aromatic heterocycles. The van der Waals surface area contributed by atoms with Gasteiger partial charge in [-0.25, -0.2) is 4.79 Å². The fourth-order valence-corrected chi connectivity index (χ4v) is 3.10. The first-order chi connectivity index (χ1) is 14.3. The van der Waals surface area contributed by atoms with Crippen molar-refractivity contribution in [3.8, 4) is 0 Å². The number of fused-ring (bicyclic) bond motifs is 1. The first-order valence-corrected chi connectivity index (χ1v) is 9.90. The number of anilines is 1. The van der Waals surface area contributed by atoms with Crippen LogP contribution in [0.2, 0.25) is 0 Å². The van der Waals surface area contributed by atoms with Gasteiger partial charge in [0, 0.05) is 12.2 Å². The van der Waals surface area contributed by atoms with Gasteiger partial charge in [-0.2, -0.15) is 0 Å². The Bertz CT molecular complexity index is 997. The van der Waals surface area contributed by atoms with Gasteiger partial charge in [0.05, 0.1) is 16.7 Å². The minimum Gasteiger partial charge on any atom is -0.449 e. The molecule has 0 radical (unpaired) electrons. The average Bonchev–Trinajstić information content (AvgIpc) is 2.97. The maximum Gasteiger partial charge on any atom is 0.338 e. The van der Waals surface area contributed by atoms with Gasteiger partial charge >= 0.3 is 5.97 Å². The third-order valence-electron chi connectivity index (χ3n) is 4.91. The van der Waals surface area contributed by atoms with Crippen molar-refractivity contribution in [3.05, 3.63) is 64.7 Å². The van der Waals surface area contributed by atoms with Crippen LogP contribution in [0.3, 0.4) is 0 Å². The maximum atomic E-state index is 12.5. The Morgan fingerprint density at radius 1 is 1.03 bits per heavy atom. The Labute approximate surface area is 175 Å². The Kier molecular flexibility index (Phi) is 6.30. The molecule has 0 bridgehead atoms. The number of carbonyl (C=O) groups is 4. The zero-order valence-electron chi connectivity index (χ0n) is 17.2. The Balaban J connectivity index is 1.67. The van der Waals surface area contributed by atoms with Crippen molar-refractivity contribution in [1.29, 1.82) is 0 Å². The molecule has 0 saturated heterocycles. The summed E-state index contributed by atoms with van der Waals surface area (Å²) in [5.41, 5.74) is 2.23. The highest BCUT2D eigenvalue weighted by molar-refractivity contribution is 6.22. The van der Waals surface area contributed by atoms with Gasteiger partial charge in [0.1, 0.15) is 0 Å². The zero-order valence-corrected chi connectivity index (χ0v) is 17.2. The Morgan fingerprint density at radius 2 is 1.70 bits per heavy atom. The van der Waals surface area contributed by atoms with Gasteiger partial charge in [0.15, 0.2) is 6.10 Å². The van der Waals surface area contributed by atoms with Gasteiger partial charge in [-0.3, -0.25) is 19.3 Å². The maximum absolute atomic E-state index is 12.5. The first kappa shape index (κ1) is 21.2. The number of nitrogens with one attached hydrogen (secondary N) is 1. The molecule has 156 valence electrons. The molecule has 0 spiro atoms. The molecule has 3 amide bonds. The molecule has 2 aromatic rings. The van der Waals surface area contributed by atoms with E-state index >= 15 is 0 Å². The lowest BCUT2D eigenvalue weighted by Crippen LogP contribution is -2.30. The highest BCUT2D eigenvalue weighted by Gasteiger charge is 2.35. The molecule has 0 saturated carbocycles. The number of imide groups is 1. The molecule has 7 heteroatoms. The van der Waals surface area contributed by atoms with Gasteiger partial charge in [-0.05, 0) is 50.6 Å². The lowest BCUT2D eigenvalue weighted by Gasteiger charge is -2.14. The van der Waals surface area contributed by atoms with Crippen molar-refractivity contribution < 1.29 is 23.9 Å². The van der Waals surface area contributed by atoms with Gasteiger partial charge in [-0.1, -0.05) is 31.0 Å². The number of hydrogen-bond donors (Lipinski definition) is 1. The molecule has 0 unspecified atom stereocenters. The van der Waals surface area contributed by atoms with Crippen molar-refractivity contribution in [2.45, 2.75) is 39.7 Å². The summed E-state index contributed by atoms with van der Waals surface area (Å²) in [6.45, 7) is 5.73. The number of nitrogens with zero attached hydrogens (tertiary/aromatic N) is 1. The number of benzene rings is 2. The molecule has 1 aliphatic heterocycles. The van der Waals surface area contributed by atoms with Crippen LogP contribution in [-0.2, 0) is 9.53 Å². The van der Waals surface area contributed by atoms with E-state index in [1.165, 1.54) is 30.0 Å². The van der Waals surface area contributed by atoms with E-state index in [0.29, 0.717) is 18.7 Å². The van der Waals surface area contributed by atoms with Crippen molar-refractivity contribution >= 4 is 29.4 Å². The number of esters is 1. The number of amides is 3. The quantitative estimate of drug-likeness (QED) is 0.558. The topological polar surface area (TPSA) is 92.8 Å². The molecule has 1 heterocycles. The molecule has 0 aliphatic carbocycles. The summed E-state index contributed by atoms with van der Waals surface area (Å²) < 4.78 is 5.25. The summed E-state index contributed by atoms with van der Waals surface area (Å²) in [6.07, 6.45) is 0.534. The van der Waals surface area contributed by atoms with Crippen molar-refractivity contribution in [1.82, 2.24) is 4.90 Å². The van der Waals surface area contributed by atoms with E-state index in [2.05, 4.69) is 5.32 Å². The van der Waals surface area contributed by atoms with Crippen LogP contribution in [0.5, 0.6) is 0 Å². The van der Waals surface area contributed by atoms with Gasteiger partial charge < -0.3 is 10.1 Å². The van der Waals surface area contributed by atoms with E-state index in [-0.39, 0.29) is 22.6 Å². The first-order valence-electron chi connectivity index (χ1n) is 9.90. The average molecular weight is 408 g/mol. The van der Waals surface area contributed by atoms with Gasteiger partial charge in [-0.15, -0.1) is 0 Å². The number of rotatable bonds is 7. The molecular formula is C23H24N2O5. The molecule has 0 fully saturated rings. The summed E-state index contributed by atoms with van der Waals surface area (Å²) in [7, 11) is 0. The summed E-state index contributed by atoms with van der Waals surface area (Å²) in [6, 6.07) is 11.5. The molecular weight excluding hydrogens is 384 g/mol. The normalized spacial score (nSPS) is 13.8. The summed E-state index contributed by atoms with van der Waals surface area (Å²) in [5.74, 6) is -1.97. The minimum absolute atomic E-state index is 0.113. The standard InChI is InChI=1S/C23H24N2O5/c1-4-5-12-25-21(27)18-11-8-16(13-19(18)22(25)28)23(29)30-15(3)20(26)24-17-9-6-14(2)7-10-17/h6-11,13,15H,4-5,12H2,1-3H3,(H,24,26)/t15-/m1/s1. The fraction of sp³-hybridized carbons (Fsp3) is 0.304. The lowest BCUT2D eigenvalue weighted by molar-refractivity contribution is -0.123. The van der Waals surface area contributed by atoms with Crippen molar-refractivity contribution in [2.24, 2.45) is 0 Å². The van der Waals surface area contributed by atoms with Crippen LogP contribution in [-0.4, -0.2) is 41.2 Å². The van der Waals surface area contributed by atoms with E-state index in [1.54, 1.807) is 12.1 Å². The van der Waals surface area contributed by atoms with Crippen molar-refractivity contribution in [3.63, 3.8) is 0 Å². The SMILES string of the molecule is CCCCN1C(=O)c2ccc(C(=O)O[C@H](C)C(=O)Nc3ccc(C)cc3)cc2C1=O. The number of unbranched alkanes of at least 4 members (excludes halogenated alkanes) is 1. The number of carbonyl (C=O) groups excluding carboxylic acids is 4. The highest BCUT2D eigenvalue weighted by atomic mass is 16.5. The summed E-state index contributed by atoms with van der Waals surface area (Å²) in [4.78, 5) is 50.9. The third kappa shape index (κ3) is 4.40. The van der Waals surface area contributed by atoms with E-state index in [4.69, 9.17) is 4.74 Å². The van der Waals surface area contributed by atoms with Crippen LogP contribution >= 0.6 is 0 Å². The van der Waals surface area contributed by atoms with Crippen LogP contribution in [0.25, 0.3) is 0 Å². The number of ether oxygens (including phenoxy) is 1. The van der Waals surface area contributed by atoms with Crippen LogP contribution in [0.1, 0.15) is 63.3 Å². The molecule has 30 heavy (non-hydrogen) atoms. The lowest BCUT2D eigenvalue weighted by atomic mass is 10.1. The van der Waals surface area contributed by atoms with Crippen molar-refractivity contribution in [2.75, 3.05) is 11.9 Å².